The first-order valence-corrected chi connectivity index (χ1v) is 12.1. The Morgan fingerprint density at radius 3 is 2.36 bits per heavy atom. The zero-order valence-electron chi connectivity index (χ0n) is 19.6. The Hall–Kier alpha value is -3.22. The second-order valence-electron chi connectivity index (χ2n) is 9.14. The summed E-state index contributed by atoms with van der Waals surface area (Å²) in [5.74, 6) is 3.79. The number of hydrogen-bond donors (Lipinski definition) is 0. The molecule has 0 bridgehead atoms. The predicted octanol–water partition coefficient (Wildman–Crippen LogP) is 4.97. The number of anilines is 2. The molecular formula is C26H32N6O. The smallest absolute Gasteiger partial charge is 0.219 e. The molecule has 7 nitrogen and oxygen atoms in total. The van der Waals surface area contributed by atoms with Gasteiger partial charge in [0, 0.05) is 38.6 Å². The third kappa shape index (κ3) is 5.07. The van der Waals surface area contributed by atoms with Crippen LogP contribution < -0.4 is 14.5 Å². The molecule has 3 heterocycles. The van der Waals surface area contributed by atoms with E-state index in [1.54, 1.807) is 0 Å². The first kappa shape index (κ1) is 21.6. The van der Waals surface area contributed by atoms with Crippen molar-refractivity contribution in [3.8, 4) is 5.88 Å². The standard InChI is InChI=1S/C26H32N6O/c1-31(2)26-20-12-6-7-13-21(20)27-22(30-26)14-15-23-28-24(32-16-8-9-17-32)18-25(29-23)33-19-10-4-3-5-11-19/h6-7,12-15,18-19H,3-5,8-11,16-17H2,1-2H3/b15-14+. The van der Waals surface area contributed by atoms with Crippen LogP contribution in [-0.2, 0) is 0 Å². The van der Waals surface area contributed by atoms with Crippen LogP contribution in [0.15, 0.2) is 30.3 Å². The van der Waals surface area contributed by atoms with Crippen LogP contribution >= 0.6 is 0 Å². The van der Waals surface area contributed by atoms with Crippen molar-refractivity contribution in [1.29, 1.82) is 0 Å². The highest BCUT2D eigenvalue weighted by molar-refractivity contribution is 5.90. The Labute approximate surface area is 195 Å². The molecule has 2 aliphatic rings. The average molecular weight is 445 g/mol. The van der Waals surface area contributed by atoms with Crippen molar-refractivity contribution in [3.63, 3.8) is 0 Å². The minimum Gasteiger partial charge on any atom is -0.474 e. The minimum atomic E-state index is 0.253. The quantitative estimate of drug-likeness (QED) is 0.532. The zero-order chi connectivity index (χ0) is 22.6. The van der Waals surface area contributed by atoms with Crippen LogP contribution in [0.5, 0.6) is 5.88 Å². The summed E-state index contributed by atoms with van der Waals surface area (Å²) in [6.45, 7) is 2.06. The van der Waals surface area contributed by atoms with Crippen molar-refractivity contribution in [3.05, 3.63) is 42.0 Å². The van der Waals surface area contributed by atoms with Gasteiger partial charge in [0.15, 0.2) is 11.6 Å². The largest absolute Gasteiger partial charge is 0.474 e. The summed E-state index contributed by atoms with van der Waals surface area (Å²) in [4.78, 5) is 23.4. The lowest BCUT2D eigenvalue weighted by Gasteiger charge is -2.23. The van der Waals surface area contributed by atoms with E-state index in [0.29, 0.717) is 17.5 Å². The Balaban J connectivity index is 1.46. The van der Waals surface area contributed by atoms with Gasteiger partial charge in [-0.1, -0.05) is 18.6 Å². The second kappa shape index (κ2) is 9.73. The summed E-state index contributed by atoms with van der Waals surface area (Å²) in [6.07, 6.45) is 12.4. The number of rotatable bonds is 6. The van der Waals surface area contributed by atoms with Crippen LogP contribution in [0, 0.1) is 0 Å². The normalized spacial score (nSPS) is 17.2. The van der Waals surface area contributed by atoms with Gasteiger partial charge >= 0.3 is 0 Å². The van der Waals surface area contributed by atoms with Crippen LogP contribution in [0.1, 0.15) is 56.6 Å². The van der Waals surface area contributed by atoms with E-state index < -0.39 is 0 Å². The molecule has 1 aliphatic carbocycles. The molecule has 0 amide bonds. The van der Waals surface area contributed by atoms with Gasteiger partial charge in [-0.15, -0.1) is 0 Å². The van der Waals surface area contributed by atoms with Crippen molar-refractivity contribution in [2.24, 2.45) is 0 Å². The molecule has 0 unspecified atom stereocenters. The number of ether oxygens (including phenoxy) is 1. The highest BCUT2D eigenvalue weighted by atomic mass is 16.5. The van der Waals surface area contributed by atoms with E-state index in [2.05, 4.69) is 11.0 Å². The van der Waals surface area contributed by atoms with E-state index in [1.807, 2.05) is 55.4 Å². The maximum atomic E-state index is 6.31. The van der Waals surface area contributed by atoms with E-state index in [1.165, 1.54) is 32.1 Å². The van der Waals surface area contributed by atoms with Crippen LogP contribution in [0.4, 0.5) is 11.6 Å². The molecule has 172 valence electrons. The number of benzene rings is 1. The Kier molecular flexibility index (Phi) is 6.37. The van der Waals surface area contributed by atoms with Gasteiger partial charge < -0.3 is 14.5 Å². The lowest BCUT2D eigenvalue weighted by atomic mass is 9.98. The predicted molar refractivity (Wildman–Crippen MR) is 134 cm³/mol. The van der Waals surface area contributed by atoms with Crippen molar-refractivity contribution in [1.82, 2.24) is 19.9 Å². The van der Waals surface area contributed by atoms with Gasteiger partial charge in [0.2, 0.25) is 5.88 Å². The van der Waals surface area contributed by atoms with Crippen molar-refractivity contribution in [2.45, 2.75) is 51.0 Å². The van der Waals surface area contributed by atoms with Gasteiger partial charge in [0.25, 0.3) is 0 Å². The first-order valence-electron chi connectivity index (χ1n) is 12.1. The maximum absolute atomic E-state index is 6.31. The number of para-hydroxylation sites is 1. The fraction of sp³-hybridized carbons (Fsp3) is 0.462. The highest BCUT2D eigenvalue weighted by Gasteiger charge is 2.19. The molecule has 1 aromatic carbocycles. The maximum Gasteiger partial charge on any atom is 0.219 e. The van der Waals surface area contributed by atoms with Crippen LogP contribution in [-0.4, -0.2) is 53.2 Å². The Bertz CT molecular complexity index is 1130. The first-order chi connectivity index (χ1) is 16.2. The van der Waals surface area contributed by atoms with Gasteiger partial charge in [-0.05, 0) is 62.8 Å². The second-order valence-corrected chi connectivity index (χ2v) is 9.14. The molecule has 0 spiro atoms. The highest BCUT2D eigenvalue weighted by Crippen LogP contribution is 2.27. The Morgan fingerprint density at radius 2 is 1.61 bits per heavy atom. The fourth-order valence-electron chi connectivity index (χ4n) is 4.67. The SMILES string of the molecule is CN(C)c1nc(/C=C/c2nc(OC3CCCCC3)cc(N3CCCC3)n2)nc2ccccc12. The topological polar surface area (TPSA) is 67.3 Å². The number of hydrogen-bond acceptors (Lipinski definition) is 7. The number of fused-ring (bicyclic) bond motifs is 1. The van der Waals surface area contributed by atoms with Crippen molar-refractivity contribution in [2.75, 3.05) is 37.0 Å². The molecule has 2 aromatic heterocycles. The van der Waals surface area contributed by atoms with Crippen LogP contribution in [0.3, 0.4) is 0 Å². The van der Waals surface area contributed by atoms with Crippen LogP contribution in [0.2, 0.25) is 0 Å². The third-order valence-corrected chi connectivity index (χ3v) is 6.38. The summed E-state index contributed by atoms with van der Waals surface area (Å²) >= 11 is 0. The molecule has 0 radical (unpaired) electrons. The molecule has 2 fully saturated rings. The molecule has 1 aliphatic heterocycles. The van der Waals surface area contributed by atoms with Gasteiger partial charge in [-0.25, -0.2) is 15.0 Å². The van der Waals surface area contributed by atoms with E-state index >= 15 is 0 Å². The van der Waals surface area contributed by atoms with Gasteiger partial charge in [-0.2, -0.15) is 4.98 Å². The number of nitrogens with zero attached hydrogens (tertiary/aromatic N) is 6. The molecule has 7 heteroatoms. The summed E-state index contributed by atoms with van der Waals surface area (Å²) in [5.41, 5.74) is 0.920. The molecular weight excluding hydrogens is 412 g/mol. The van der Waals surface area contributed by atoms with Gasteiger partial charge in [0.1, 0.15) is 17.7 Å². The van der Waals surface area contributed by atoms with E-state index in [-0.39, 0.29) is 6.10 Å². The van der Waals surface area contributed by atoms with E-state index in [9.17, 15) is 0 Å². The summed E-state index contributed by atoms with van der Waals surface area (Å²) in [5, 5.41) is 1.04. The molecule has 1 saturated heterocycles. The fourth-order valence-corrected chi connectivity index (χ4v) is 4.67. The third-order valence-electron chi connectivity index (χ3n) is 6.38. The van der Waals surface area contributed by atoms with Crippen molar-refractivity contribution >= 4 is 34.7 Å². The van der Waals surface area contributed by atoms with Gasteiger partial charge in [0.05, 0.1) is 5.52 Å². The lowest BCUT2D eigenvalue weighted by Crippen LogP contribution is -2.22. The molecule has 0 atom stereocenters. The van der Waals surface area contributed by atoms with E-state index in [4.69, 9.17) is 24.7 Å². The summed E-state index contributed by atoms with van der Waals surface area (Å²) < 4.78 is 6.31. The van der Waals surface area contributed by atoms with Gasteiger partial charge in [-0.3, -0.25) is 0 Å². The van der Waals surface area contributed by atoms with Crippen LogP contribution in [0.25, 0.3) is 23.1 Å². The summed E-state index contributed by atoms with van der Waals surface area (Å²) in [6, 6.07) is 10.1. The molecule has 33 heavy (non-hydrogen) atoms. The zero-order valence-corrected chi connectivity index (χ0v) is 19.6. The number of aromatic nitrogens is 4. The monoisotopic (exact) mass is 444 g/mol. The molecule has 1 saturated carbocycles. The van der Waals surface area contributed by atoms with E-state index in [0.717, 1.165) is 48.5 Å². The average Bonchev–Trinajstić information content (AvgIpc) is 3.38. The van der Waals surface area contributed by atoms with Crippen molar-refractivity contribution < 1.29 is 4.74 Å². The Morgan fingerprint density at radius 1 is 0.879 bits per heavy atom. The summed E-state index contributed by atoms with van der Waals surface area (Å²) in [7, 11) is 4.00. The minimum absolute atomic E-state index is 0.253. The molecule has 5 rings (SSSR count). The lowest BCUT2D eigenvalue weighted by molar-refractivity contribution is 0.148. The molecule has 0 N–H and O–H groups in total. The molecule has 3 aromatic rings.